The molecule has 226 valence electrons. The van der Waals surface area contributed by atoms with Gasteiger partial charge in [0.05, 0.1) is 19.3 Å². The van der Waals surface area contributed by atoms with Crippen molar-refractivity contribution >= 4 is 34.7 Å². The summed E-state index contributed by atoms with van der Waals surface area (Å²) in [6.07, 6.45) is 5.74. The van der Waals surface area contributed by atoms with Crippen LogP contribution in [0.1, 0.15) is 76.8 Å². The Morgan fingerprint density at radius 1 is 1.17 bits per heavy atom. The van der Waals surface area contributed by atoms with Gasteiger partial charge in [-0.3, -0.25) is 0 Å². The zero-order chi connectivity index (χ0) is 30.2. The second-order valence-corrected chi connectivity index (χ2v) is 11.4. The molecule has 0 aliphatic heterocycles. The van der Waals surface area contributed by atoms with Crippen molar-refractivity contribution in [1.29, 1.82) is 0 Å². The van der Waals surface area contributed by atoms with Crippen LogP contribution in [0, 0.1) is 11.6 Å². The van der Waals surface area contributed by atoms with E-state index in [0.29, 0.717) is 28.1 Å². The lowest BCUT2D eigenvalue weighted by molar-refractivity contribution is -0.147. The van der Waals surface area contributed by atoms with Crippen molar-refractivity contribution in [1.82, 2.24) is 25.0 Å². The van der Waals surface area contributed by atoms with E-state index in [1.807, 2.05) is 4.68 Å². The van der Waals surface area contributed by atoms with E-state index in [2.05, 4.69) is 31.9 Å². The van der Waals surface area contributed by atoms with Gasteiger partial charge in [-0.15, -0.1) is 5.10 Å². The van der Waals surface area contributed by atoms with Gasteiger partial charge in [-0.2, -0.15) is 0 Å². The normalized spacial score (nSPS) is 18.3. The van der Waals surface area contributed by atoms with Crippen LogP contribution in [-0.4, -0.2) is 72.5 Å². The number of rotatable bonds is 8. The Hall–Kier alpha value is -2.94. The molecule has 14 heteroatoms. The molecule has 4 N–H and O–H groups in total. The van der Waals surface area contributed by atoms with Gasteiger partial charge in [0.15, 0.2) is 39.6 Å². The third kappa shape index (κ3) is 10.4. The number of carbonyl (C=O) groups is 1. The number of thioether (sulfide) groups is 1. The van der Waals surface area contributed by atoms with Crippen LogP contribution in [0.3, 0.4) is 0 Å². The minimum absolute atomic E-state index is 0.00327. The molecule has 0 amide bonds. The third-order valence-corrected chi connectivity index (χ3v) is 7.18. The Bertz CT molecular complexity index is 1300. The number of halogens is 2. The first-order valence-corrected chi connectivity index (χ1v) is 14.5. The third-order valence-electron chi connectivity index (χ3n) is 6.13. The van der Waals surface area contributed by atoms with Crippen LogP contribution in [0.2, 0.25) is 0 Å². The van der Waals surface area contributed by atoms with Gasteiger partial charge in [-0.1, -0.05) is 30.0 Å². The van der Waals surface area contributed by atoms with Crippen molar-refractivity contribution < 1.29 is 33.3 Å². The summed E-state index contributed by atoms with van der Waals surface area (Å²) in [6, 6.07) is 4.28. The first-order valence-electron chi connectivity index (χ1n) is 13.5. The highest BCUT2D eigenvalue weighted by molar-refractivity contribution is 7.99. The molecule has 2 aromatic heterocycles. The minimum atomic E-state index is -1.50. The van der Waals surface area contributed by atoms with Crippen molar-refractivity contribution in [3.05, 3.63) is 35.4 Å². The predicted octanol–water partition coefficient (Wildman–Crippen LogP) is 4.14. The Balaban J connectivity index is 0.000000236. The molecule has 0 bridgehead atoms. The molecule has 2 atom stereocenters. The summed E-state index contributed by atoms with van der Waals surface area (Å²) in [5, 5.41) is 25.2. The molecule has 3 aromatic rings. The van der Waals surface area contributed by atoms with Crippen LogP contribution in [0.5, 0.6) is 0 Å². The quantitative estimate of drug-likeness (QED) is 0.148. The number of aromatic nitrogens is 5. The maximum absolute atomic E-state index is 12.6. The Labute approximate surface area is 241 Å². The highest BCUT2D eigenvalue weighted by Crippen LogP contribution is 2.40. The van der Waals surface area contributed by atoms with Gasteiger partial charge in [0.25, 0.3) is 0 Å². The minimum Gasteiger partial charge on any atom is -0.467 e. The number of ether oxygens (including phenoxy) is 2. The lowest BCUT2D eigenvalue weighted by Crippen LogP contribution is -2.18. The summed E-state index contributed by atoms with van der Waals surface area (Å²) in [4.78, 5) is 20.1. The highest BCUT2D eigenvalue weighted by atomic mass is 32.2. The Kier molecular flexibility index (Phi) is 11.8. The van der Waals surface area contributed by atoms with E-state index in [9.17, 15) is 13.6 Å². The number of aliphatic hydroxyl groups is 2. The van der Waals surface area contributed by atoms with Crippen LogP contribution in [0.25, 0.3) is 11.2 Å². The van der Waals surface area contributed by atoms with Gasteiger partial charge in [0.1, 0.15) is 6.61 Å². The van der Waals surface area contributed by atoms with Crippen molar-refractivity contribution in [2.45, 2.75) is 88.3 Å². The Morgan fingerprint density at radius 2 is 1.88 bits per heavy atom. The number of hydrogen-bond acceptors (Lipinski definition) is 11. The maximum Gasteiger partial charge on any atom is 0.331 e. The first kappa shape index (κ1) is 32.6. The average Bonchev–Trinajstić information content (AvgIpc) is 3.50. The second-order valence-electron chi connectivity index (χ2n) is 10.4. The topological polar surface area (TPSA) is 158 Å². The molecule has 0 saturated heterocycles. The van der Waals surface area contributed by atoms with Crippen molar-refractivity contribution in [2.24, 2.45) is 0 Å². The summed E-state index contributed by atoms with van der Waals surface area (Å²) < 4.78 is 37.0. The number of fused-ring (bicyclic) bond motifs is 1. The molecule has 11 nitrogen and oxygen atoms in total. The highest BCUT2D eigenvalue weighted by Gasteiger charge is 2.30. The summed E-state index contributed by atoms with van der Waals surface area (Å²) in [6.45, 7) is 4.67. The number of carbonyl (C=O) groups excluding carboxylic acids is 1. The van der Waals surface area contributed by atoms with Crippen molar-refractivity contribution in [3.63, 3.8) is 0 Å². The zero-order valence-electron chi connectivity index (χ0n) is 23.7. The molecule has 5 rings (SSSR count). The second kappa shape index (κ2) is 14.8. The lowest BCUT2D eigenvalue weighted by atomic mass is 10.1. The van der Waals surface area contributed by atoms with Crippen LogP contribution < -0.4 is 5.73 Å². The zero-order valence-corrected chi connectivity index (χ0v) is 24.5. The number of nitrogens with zero attached hydrogens (tertiary/aromatic N) is 5. The molecule has 0 spiro atoms. The molecular weight excluding hydrogens is 558 g/mol. The fourth-order valence-electron chi connectivity index (χ4n) is 4.05. The molecule has 41 heavy (non-hydrogen) atoms. The van der Waals surface area contributed by atoms with Gasteiger partial charge in [0.2, 0.25) is 0 Å². The smallest absolute Gasteiger partial charge is 0.331 e. The number of methoxy groups -OCH3 is 1. The summed E-state index contributed by atoms with van der Waals surface area (Å²) in [5.41, 5.74) is 8.13. The van der Waals surface area contributed by atoms with Gasteiger partial charge in [0, 0.05) is 5.75 Å². The first-order chi connectivity index (χ1) is 19.4. The molecule has 2 aliphatic carbocycles. The summed E-state index contributed by atoms with van der Waals surface area (Å²) >= 11 is 1.57. The molecule has 2 heterocycles. The lowest BCUT2D eigenvalue weighted by Gasteiger charge is -2.12. The summed E-state index contributed by atoms with van der Waals surface area (Å²) in [5.74, 6) is -1.58. The number of nitrogen functional groups attached to an aromatic ring is 1. The van der Waals surface area contributed by atoms with Gasteiger partial charge in [-0.25, -0.2) is 28.2 Å². The van der Waals surface area contributed by atoms with Crippen LogP contribution in [0.4, 0.5) is 14.6 Å². The van der Waals surface area contributed by atoms with E-state index < -0.39 is 17.4 Å². The largest absolute Gasteiger partial charge is 0.467 e. The van der Waals surface area contributed by atoms with Crippen LogP contribution >= 0.6 is 11.8 Å². The van der Waals surface area contributed by atoms with E-state index in [1.54, 1.807) is 17.8 Å². The van der Waals surface area contributed by atoms with Gasteiger partial charge < -0.3 is 25.4 Å². The van der Waals surface area contributed by atoms with Crippen LogP contribution in [-0.2, 0) is 14.3 Å². The molecule has 2 saturated carbocycles. The van der Waals surface area contributed by atoms with E-state index in [-0.39, 0.29) is 24.7 Å². The predicted molar refractivity (Wildman–Crippen MR) is 150 cm³/mol. The van der Waals surface area contributed by atoms with Crippen molar-refractivity contribution in [2.75, 3.05) is 25.2 Å². The Morgan fingerprint density at radius 3 is 2.49 bits per heavy atom. The monoisotopic (exact) mass is 596 g/mol. The molecule has 2 unspecified atom stereocenters. The molecule has 2 aliphatic rings. The number of benzene rings is 1. The number of nitrogens with two attached hydrogens (primary N) is 1. The van der Waals surface area contributed by atoms with E-state index >= 15 is 0 Å². The number of hydrogen-bond donors (Lipinski definition) is 3. The fourth-order valence-corrected chi connectivity index (χ4v) is 4.75. The molecule has 2 fully saturated rings. The maximum atomic E-state index is 12.6. The molecular formula is C27H38F2N6O5S. The van der Waals surface area contributed by atoms with E-state index in [0.717, 1.165) is 49.8 Å². The number of esters is 1. The van der Waals surface area contributed by atoms with Crippen LogP contribution in [0.15, 0.2) is 23.4 Å². The SMILES string of the molecule is CC(C)(O)O.CCCSc1nc(N)c2nnn(C3CCC(OCC(=O)OC)C3)c2n1.Fc1ccc(C2CC2)cc1F. The van der Waals surface area contributed by atoms with E-state index in [1.165, 1.54) is 33.1 Å². The molecule has 0 radical (unpaired) electrons. The van der Waals surface area contributed by atoms with E-state index in [4.69, 9.17) is 20.7 Å². The standard InChI is InChI=1S/C15H22N6O3S.C9H8F2.C3H8O2/c1-3-6-25-15-17-13(16)12-14(18-15)21(20-19-12)9-4-5-10(7-9)24-8-11(22)23-2;10-8-4-3-7(5-9(8)11)6-1-2-6;1-3(2,4)5/h9-10H,3-8H2,1-2H3,(H2,16,17,18);3-6H,1-2H2;4-5H,1-2H3. The number of anilines is 1. The summed E-state index contributed by atoms with van der Waals surface area (Å²) in [7, 11) is 1.35. The van der Waals surface area contributed by atoms with Crippen molar-refractivity contribution in [3.8, 4) is 0 Å². The van der Waals surface area contributed by atoms with Gasteiger partial charge in [-0.05, 0) is 76.0 Å². The molecule has 1 aromatic carbocycles. The van der Waals surface area contributed by atoms with Gasteiger partial charge >= 0.3 is 5.97 Å². The average molecular weight is 597 g/mol. The fraction of sp³-hybridized carbons (Fsp3) is 0.593.